The Labute approximate surface area is 120 Å². The maximum atomic E-state index is 11.8. The second-order valence-electron chi connectivity index (χ2n) is 6.21. The summed E-state index contributed by atoms with van der Waals surface area (Å²) in [5, 5.41) is 14.6. The number of rotatable bonds is 6. The SMILES string of the molecule is COCC(C)(C)NC(=O)NCC1CCC(C(=O)O)CC1. The first-order valence-electron chi connectivity index (χ1n) is 7.12. The van der Waals surface area contributed by atoms with Gasteiger partial charge in [0.1, 0.15) is 0 Å². The molecule has 1 aliphatic carbocycles. The van der Waals surface area contributed by atoms with Crippen molar-refractivity contribution in [2.75, 3.05) is 20.3 Å². The Balaban J connectivity index is 2.24. The Morgan fingerprint density at radius 2 is 1.85 bits per heavy atom. The molecule has 0 saturated heterocycles. The molecule has 20 heavy (non-hydrogen) atoms. The van der Waals surface area contributed by atoms with Gasteiger partial charge in [-0.3, -0.25) is 4.79 Å². The Morgan fingerprint density at radius 1 is 1.25 bits per heavy atom. The van der Waals surface area contributed by atoms with Crippen LogP contribution in [0.25, 0.3) is 0 Å². The van der Waals surface area contributed by atoms with Crippen LogP contribution in [0.1, 0.15) is 39.5 Å². The lowest BCUT2D eigenvalue weighted by Crippen LogP contribution is -2.51. The summed E-state index contributed by atoms with van der Waals surface area (Å²) in [5.41, 5.74) is -0.403. The zero-order chi connectivity index (χ0) is 15.2. The average molecular weight is 286 g/mol. The molecule has 0 spiro atoms. The van der Waals surface area contributed by atoms with Gasteiger partial charge in [0.15, 0.2) is 0 Å². The van der Waals surface area contributed by atoms with Crippen molar-refractivity contribution in [1.29, 1.82) is 0 Å². The van der Waals surface area contributed by atoms with Gasteiger partial charge in [-0.05, 0) is 45.4 Å². The third-order valence-corrected chi connectivity index (χ3v) is 3.70. The molecule has 2 amide bonds. The number of carbonyl (C=O) groups is 2. The smallest absolute Gasteiger partial charge is 0.315 e. The van der Waals surface area contributed by atoms with E-state index in [9.17, 15) is 9.59 Å². The number of carboxylic acids is 1. The van der Waals surface area contributed by atoms with Crippen LogP contribution in [0.4, 0.5) is 4.79 Å². The molecule has 0 aliphatic heterocycles. The van der Waals surface area contributed by atoms with Crippen LogP contribution in [-0.2, 0) is 9.53 Å². The van der Waals surface area contributed by atoms with E-state index in [1.165, 1.54) is 0 Å². The summed E-state index contributed by atoms with van der Waals surface area (Å²) in [6.07, 6.45) is 3.13. The summed E-state index contributed by atoms with van der Waals surface area (Å²) < 4.78 is 5.04. The molecule has 0 unspecified atom stereocenters. The minimum atomic E-state index is -0.699. The summed E-state index contributed by atoms with van der Waals surface area (Å²) in [5.74, 6) is -0.530. The number of urea groups is 1. The molecule has 0 aromatic rings. The van der Waals surface area contributed by atoms with Gasteiger partial charge in [-0.1, -0.05) is 0 Å². The predicted molar refractivity (Wildman–Crippen MR) is 75.6 cm³/mol. The van der Waals surface area contributed by atoms with Crippen LogP contribution in [0.3, 0.4) is 0 Å². The Morgan fingerprint density at radius 3 is 2.35 bits per heavy atom. The summed E-state index contributed by atoms with van der Waals surface area (Å²) in [7, 11) is 1.60. The Hall–Kier alpha value is -1.30. The highest BCUT2D eigenvalue weighted by molar-refractivity contribution is 5.74. The van der Waals surface area contributed by atoms with Crippen LogP contribution in [0.2, 0.25) is 0 Å². The fourth-order valence-electron chi connectivity index (χ4n) is 2.60. The zero-order valence-electron chi connectivity index (χ0n) is 12.6. The van der Waals surface area contributed by atoms with Crippen molar-refractivity contribution in [2.45, 2.75) is 45.1 Å². The van der Waals surface area contributed by atoms with E-state index in [1.807, 2.05) is 13.8 Å². The van der Waals surface area contributed by atoms with E-state index in [4.69, 9.17) is 9.84 Å². The Bertz CT molecular complexity index is 336. The molecule has 1 rings (SSSR count). The Kier molecular flexibility index (Phi) is 6.26. The monoisotopic (exact) mass is 286 g/mol. The van der Waals surface area contributed by atoms with Gasteiger partial charge < -0.3 is 20.5 Å². The minimum absolute atomic E-state index is 0.201. The highest BCUT2D eigenvalue weighted by atomic mass is 16.5. The van der Waals surface area contributed by atoms with Gasteiger partial charge in [0.25, 0.3) is 0 Å². The number of ether oxygens (including phenoxy) is 1. The molecular weight excluding hydrogens is 260 g/mol. The molecule has 3 N–H and O–H groups in total. The van der Waals surface area contributed by atoms with Crippen LogP contribution in [0.15, 0.2) is 0 Å². The van der Waals surface area contributed by atoms with Gasteiger partial charge in [0, 0.05) is 13.7 Å². The molecule has 0 aromatic carbocycles. The molecule has 1 fully saturated rings. The fraction of sp³-hybridized carbons (Fsp3) is 0.857. The number of methoxy groups -OCH3 is 1. The molecule has 1 aliphatic rings. The first kappa shape index (κ1) is 16.8. The lowest BCUT2D eigenvalue weighted by atomic mass is 9.82. The number of amides is 2. The first-order chi connectivity index (χ1) is 9.34. The quantitative estimate of drug-likeness (QED) is 0.692. The largest absolute Gasteiger partial charge is 0.481 e. The normalized spacial score (nSPS) is 23.1. The van der Waals surface area contributed by atoms with Gasteiger partial charge in [-0.25, -0.2) is 4.79 Å². The van der Waals surface area contributed by atoms with Crippen molar-refractivity contribution in [3.63, 3.8) is 0 Å². The zero-order valence-corrected chi connectivity index (χ0v) is 12.6. The van der Waals surface area contributed by atoms with Gasteiger partial charge in [0.05, 0.1) is 18.1 Å². The fourth-order valence-corrected chi connectivity index (χ4v) is 2.60. The van der Waals surface area contributed by atoms with Crippen LogP contribution in [0.5, 0.6) is 0 Å². The molecular formula is C14H26N2O4. The summed E-state index contributed by atoms with van der Waals surface area (Å²) in [4.78, 5) is 22.6. The number of carboxylic acid groups (broad SMARTS) is 1. The molecule has 116 valence electrons. The molecule has 0 radical (unpaired) electrons. The second kappa shape index (κ2) is 7.47. The van der Waals surface area contributed by atoms with Crippen LogP contribution in [-0.4, -0.2) is 42.9 Å². The van der Waals surface area contributed by atoms with Gasteiger partial charge in [-0.15, -0.1) is 0 Å². The topological polar surface area (TPSA) is 87.7 Å². The number of carbonyl (C=O) groups excluding carboxylic acids is 1. The number of hydrogen-bond donors (Lipinski definition) is 3. The van der Waals surface area contributed by atoms with Crippen LogP contribution < -0.4 is 10.6 Å². The minimum Gasteiger partial charge on any atom is -0.481 e. The molecule has 1 saturated carbocycles. The third kappa shape index (κ3) is 5.77. The van der Waals surface area contributed by atoms with Gasteiger partial charge in [0.2, 0.25) is 0 Å². The highest BCUT2D eigenvalue weighted by Crippen LogP contribution is 2.28. The highest BCUT2D eigenvalue weighted by Gasteiger charge is 2.26. The predicted octanol–water partition coefficient (Wildman–Crippen LogP) is 1.60. The summed E-state index contributed by atoms with van der Waals surface area (Å²) >= 11 is 0. The van der Waals surface area contributed by atoms with Crippen molar-refractivity contribution in [3.05, 3.63) is 0 Å². The summed E-state index contributed by atoms with van der Waals surface area (Å²) in [6, 6.07) is -0.201. The van der Waals surface area contributed by atoms with E-state index in [-0.39, 0.29) is 11.9 Å². The molecule has 0 aromatic heterocycles. The number of nitrogens with one attached hydrogen (secondary N) is 2. The standard InChI is InChI=1S/C14H26N2O4/c1-14(2,9-20-3)16-13(19)15-8-10-4-6-11(7-5-10)12(17)18/h10-11H,4-9H2,1-3H3,(H,17,18)(H2,15,16,19). The maximum Gasteiger partial charge on any atom is 0.315 e. The third-order valence-electron chi connectivity index (χ3n) is 3.70. The van der Waals surface area contributed by atoms with Crippen molar-refractivity contribution >= 4 is 12.0 Å². The van der Waals surface area contributed by atoms with Crippen molar-refractivity contribution in [1.82, 2.24) is 10.6 Å². The molecule has 0 atom stereocenters. The average Bonchev–Trinajstić information content (AvgIpc) is 2.36. The summed E-state index contributed by atoms with van der Waals surface area (Å²) in [6.45, 7) is 4.84. The number of hydrogen-bond acceptors (Lipinski definition) is 3. The molecule has 6 heteroatoms. The van der Waals surface area contributed by atoms with E-state index >= 15 is 0 Å². The van der Waals surface area contributed by atoms with E-state index in [1.54, 1.807) is 7.11 Å². The number of aliphatic carboxylic acids is 1. The first-order valence-corrected chi connectivity index (χ1v) is 7.12. The van der Waals surface area contributed by atoms with E-state index in [0.29, 0.717) is 31.9 Å². The lowest BCUT2D eigenvalue weighted by Gasteiger charge is -2.28. The molecule has 0 bridgehead atoms. The van der Waals surface area contributed by atoms with Crippen molar-refractivity contribution in [2.24, 2.45) is 11.8 Å². The van der Waals surface area contributed by atoms with Crippen LogP contribution >= 0.6 is 0 Å². The lowest BCUT2D eigenvalue weighted by molar-refractivity contribution is -0.143. The molecule has 0 heterocycles. The van der Waals surface area contributed by atoms with E-state index < -0.39 is 11.5 Å². The van der Waals surface area contributed by atoms with E-state index in [0.717, 1.165) is 12.8 Å². The maximum absolute atomic E-state index is 11.8. The van der Waals surface area contributed by atoms with E-state index in [2.05, 4.69) is 10.6 Å². The van der Waals surface area contributed by atoms with Gasteiger partial charge >= 0.3 is 12.0 Å². The second-order valence-corrected chi connectivity index (χ2v) is 6.21. The van der Waals surface area contributed by atoms with Crippen molar-refractivity contribution < 1.29 is 19.4 Å². The van der Waals surface area contributed by atoms with Gasteiger partial charge in [-0.2, -0.15) is 0 Å². The van der Waals surface area contributed by atoms with Crippen LogP contribution in [0, 0.1) is 11.8 Å². The van der Waals surface area contributed by atoms with Crippen molar-refractivity contribution in [3.8, 4) is 0 Å². The molecule has 6 nitrogen and oxygen atoms in total.